The van der Waals surface area contributed by atoms with Gasteiger partial charge in [0.15, 0.2) is 0 Å². The van der Waals surface area contributed by atoms with Crippen LogP contribution in [0.2, 0.25) is 182 Å². The third-order valence-corrected chi connectivity index (χ3v) is 46.2. The maximum Gasteiger partial charge on any atom is -1.00 e. The Kier molecular flexibility index (Phi) is 21.9. The molecule has 0 heterocycles. The van der Waals surface area contributed by atoms with Crippen LogP contribution in [0.4, 0.5) is 0 Å². The first kappa shape index (κ1) is 72.9. The van der Waals surface area contributed by atoms with Crippen molar-refractivity contribution < 1.29 is 57.7 Å². The van der Waals surface area contributed by atoms with Gasteiger partial charge in [0, 0.05) is 0 Å². The largest absolute Gasteiger partial charge is 1.00 e. The van der Waals surface area contributed by atoms with Crippen LogP contribution in [0.15, 0.2) is 20.6 Å². The Morgan fingerprint density at radius 3 is 0.514 bits per heavy atom. The molecule has 1 atom stereocenters. The van der Waals surface area contributed by atoms with E-state index in [2.05, 4.69) is 266 Å². The van der Waals surface area contributed by atoms with Crippen LogP contribution in [0.25, 0.3) is 0 Å². The van der Waals surface area contributed by atoms with Crippen LogP contribution in [0.5, 0.6) is 0 Å². The van der Waals surface area contributed by atoms with Gasteiger partial charge in [0.05, 0.1) is 0 Å². The molecule has 1 aliphatic rings. The first-order valence-electron chi connectivity index (χ1n) is 27.8. The third kappa shape index (κ3) is 11.9. The summed E-state index contributed by atoms with van der Waals surface area (Å²) in [6, 6.07) is 0. The second kappa shape index (κ2) is 22.2. The van der Waals surface area contributed by atoms with Crippen molar-refractivity contribution in [2.75, 3.05) is 0 Å². The summed E-state index contributed by atoms with van der Waals surface area (Å²) >= 11 is 2.70. The van der Waals surface area contributed by atoms with Crippen molar-refractivity contribution in [2.45, 2.75) is 251 Å². The Morgan fingerprint density at radius 2 is 0.392 bits per heavy atom. The molecular weight excluding hydrogens is 1160 g/mol. The van der Waals surface area contributed by atoms with Crippen LogP contribution in [-0.4, -0.2) is 80.7 Å². The van der Waals surface area contributed by atoms with E-state index in [1.54, 1.807) is 54.0 Å². The van der Waals surface area contributed by atoms with Crippen molar-refractivity contribution in [1.29, 1.82) is 0 Å². The molecule has 0 nitrogen and oxygen atoms in total. The standard InChI is InChI=1S/C60H111Si10.3ClH.Ti/c1-39-38-60(10,47(9)40(39)2)70(57-51(64(20,21)22)44(6)41(3)48(61(11,12)13)54(57)67(29,30)31,58-52(65(23,24)25)45(7)42(4)49(62(14,15)16)55(58)68(32,33)34)59-53(66(26,27)28)46(8)43(5)50(63(17,18)19)56(59)69(35,36)37;;;;/h1-37H3;3*1H;/q;;;;+3/p-3. The molecular formula is C60H111Cl3Si10Ti. The second-order valence-corrected chi connectivity index (χ2v) is 82.4. The van der Waals surface area contributed by atoms with Gasteiger partial charge in [-0.15, -0.1) is 0 Å². The molecule has 0 fully saturated rings. The smallest absolute Gasteiger partial charge is 1.00 e. The minimum absolute atomic E-state index is 0. The molecule has 0 saturated carbocycles. The number of hydrogen-bond acceptors (Lipinski definition) is 0. The average Bonchev–Trinajstić information content (AvgIpc) is 3.26. The predicted molar refractivity (Wildman–Crippen MR) is 359 cm³/mol. The minimum atomic E-state index is -3.59. The van der Waals surface area contributed by atoms with Gasteiger partial charge in [0.25, 0.3) is 0 Å². The molecule has 0 N–H and O–H groups in total. The van der Waals surface area contributed by atoms with Gasteiger partial charge in [-0.3, -0.25) is 0 Å². The van der Waals surface area contributed by atoms with E-state index in [1.165, 1.54) is 0 Å². The third-order valence-electron chi connectivity index (χ3n) is 17.6. The van der Waals surface area contributed by atoms with E-state index in [9.17, 15) is 0 Å². The van der Waals surface area contributed by atoms with Crippen LogP contribution < -0.4 is 99.5 Å². The molecule has 0 amide bonds. The van der Waals surface area contributed by atoms with Crippen molar-refractivity contribution >= 4 is 143 Å². The van der Waals surface area contributed by atoms with Gasteiger partial charge in [0.2, 0.25) is 0 Å². The van der Waals surface area contributed by atoms with Crippen molar-refractivity contribution in [2.24, 2.45) is 0 Å². The Morgan fingerprint density at radius 1 is 0.243 bits per heavy atom. The molecule has 0 radical (unpaired) electrons. The van der Waals surface area contributed by atoms with E-state index >= 15 is 0 Å². The summed E-state index contributed by atoms with van der Waals surface area (Å²) < 4.78 is 1.70. The molecule has 3 aromatic rings. The second-order valence-electron chi connectivity index (χ2n) is 32.6. The number of benzene rings is 3. The molecule has 0 saturated heterocycles. The van der Waals surface area contributed by atoms with Crippen LogP contribution in [-0.2, 0) is 20.4 Å². The molecule has 0 spiro atoms. The van der Waals surface area contributed by atoms with Crippen molar-refractivity contribution in [3.05, 3.63) is 54.0 Å². The van der Waals surface area contributed by atoms with Gasteiger partial charge in [-0.25, -0.2) is 0 Å². The van der Waals surface area contributed by atoms with Crippen LogP contribution in [0.1, 0.15) is 61.1 Å². The average molecular weight is 1270 g/mol. The fraction of sp³-hybridized carbons (Fsp3) is 0.633. The van der Waals surface area contributed by atoms with Gasteiger partial charge in [-0.05, 0) is 0 Å². The maximum absolute atomic E-state index is 3.59. The topological polar surface area (TPSA) is 0 Å². The number of allylic oxidation sites excluding steroid dienone is 4. The zero-order valence-corrected chi connectivity index (χ0v) is 69.0. The molecule has 0 aromatic heterocycles. The Hall–Kier alpha value is 0.893. The Labute approximate surface area is 500 Å². The summed E-state index contributed by atoms with van der Waals surface area (Å²) in [5.41, 5.74) is 14.8. The van der Waals surface area contributed by atoms with E-state index in [0.717, 1.165) is 0 Å². The molecule has 416 valence electrons. The van der Waals surface area contributed by atoms with E-state index in [-0.39, 0.29) is 42.3 Å². The van der Waals surface area contributed by atoms with Gasteiger partial charge in [-0.1, -0.05) is 0 Å². The molecule has 3 aromatic carbocycles. The minimum Gasteiger partial charge on any atom is -1.00 e. The molecule has 1 unspecified atom stereocenters. The zero-order valence-electron chi connectivity index (χ0n) is 55.1. The van der Waals surface area contributed by atoms with Crippen LogP contribution in [0, 0.1) is 41.5 Å². The van der Waals surface area contributed by atoms with E-state index in [1.807, 2.05) is 62.2 Å². The maximum atomic E-state index is 2.96. The summed E-state index contributed by atoms with van der Waals surface area (Å²) in [7, 11) is -22.8. The van der Waals surface area contributed by atoms with Crippen molar-refractivity contribution in [1.82, 2.24) is 0 Å². The SMILES string of the molecule is CC1=C(C)C(C)([Si](c2c([Si](C)(C)C)c(C)c(C)c([Si](C)(C)C)c2[Si](C)(C)C)(c2c([Si](C)(C)C)c(C)c(C)c([Si](C)(C)C)c2[Si](C)(C)C)c2c([Si](C)(C)C)c(C)c(C)c([Si](C)(C)C)c2[Si](C)(C)C)[C]([Ti+3])=C1C.[Cl-].[Cl-].[Cl-]. The quantitative estimate of drug-likeness (QED) is 0.183. The number of halogens is 3. The molecule has 14 heteroatoms. The first-order valence-corrected chi connectivity index (χ1v) is 62.0. The molecule has 0 bridgehead atoms. The fourth-order valence-corrected chi connectivity index (χ4v) is 59.4. The summed E-state index contributed by atoms with van der Waals surface area (Å²) in [4.78, 5) is 0. The summed E-state index contributed by atoms with van der Waals surface area (Å²) in [6.07, 6.45) is 0. The number of rotatable bonds is 13. The monoisotopic (exact) mass is 1260 g/mol. The van der Waals surface area contributed by atoms with Crippen molar-refractivity contribution in [3.63, 3.8) is 0 Å². The van der Waals surface area contributed by atoms with Gasteiger partial charge < -0.3 is 37.2 Å². The molecule has 0 aliphatic heterocycles. The number of hydrogen-bond donors (Lipinski definition) is 0. The van der Waals surface area contributed by atoms with Gasteiger partial charge in [0.1, 0.15) is 0 Å². The molecule has 4 rings (SSSR count). The fourth-order valence-electron chi connectivity index (χ4n) is 15.0. The summed E-state index contributed by atoms with van der Waals surface area (Å²) in [5.74, 6) is 0. The summed E-state index contributed by atoms with van der Waals surface area (Å²) in [5, 5.41) is 22.7. The molecule has 1 aliphatic carbocycles. The molecule has 74 heavy (non-hydrogen) atoms. The van der Waals surface area contributed by atoms with E-state index in [0.29, 0.717) is 0 Å². The normalized spacial score (nSPS) is 17.0. The Balaban J connectivity index is 0.00000913. The van der Waals surface area contributed by atoms with Crippen molar-refractivity contribution in [3.8, 4) is 0 Å². The van der Waals surface area contributed by atoms with Gasteiger partial charge in [-0.2, -0.15) is 0 Å². The summed E-state index contributed by atoms with van der Waals surface area (Å²) in [6.45, 7) is 102. The first-order chi connectivity index (χ1) is 31.1. The van der Waals surface area contributed by atoms with E-state index in [4.69, 9.17) is 0 Å². The van der Waals surface area contributed by atoms with Gasteiger partial charge >= 0.3 is 468 Å². The van der Waals surface area contributed by atoms with E-state index < -0.39 is 80.7 Å². The van der Waals surface area contributed by atoms with Crippen LogP contribution in [0.3, 0.4) is 0 Å². The predicted octanol–water partition coefficient (Wildman–Crippen LogP) is 2.86. The Bertz CT molecular complexity index is 2480. The van der Waals surface area contributed by atoms with Crippen LogP contribution >= 0.6 is 0 Å². The zero-order chi connectivity index (χ0) is 56.2.